The zero-order valence-electron chi connectivity index (χ0n) is 15.0. The molecule has 4 nitrogen and oxygen atoms in total. The maximum Gasteiger partial charge on any atom is 0.418 e. The molecular weight excluding hydrogens is 437 g/mol. The van der Waals surface area contributed by atoms with E-state index in [0.29, 0.717) is 5.69 Å². The molecule has 2 amide bonds. The first-order chi connectivity index (χ1) is 13.2. The molecule has 0 radical (unpaired) electrons. The van der Waals surface area contributed by atoms with E-state index in [1.165, 1.54) is 17.0 Å². The van der Waals surface area contributed by atoms with Gasteiger partial charge in [-0.25, -0.2) is 0 Å². The number of nitrogens with one attached hydrogen (secondary N) is 1. The number of nitrogens with zero attached hydrogens (tertiary/aromatic N) is 1. The third-order valence-corrected chi connectivity index (χ3v) is 5.19. The summed E-state index contributed by atoms with van der Waals surface area (Å²) in [7, 11) is 0. The Bertz CT molecular complexity index is 897. The van der Waals surface area contributed by atoms with Gasteiger partial charge >= 0.3 is 6.18 Å². The lowest BCUT2D eigenvalue weighted by Gasteiger charge is -2.18. The second kappa shape index (κ2) is 7.95. The van der Waals surface area contributed by atoms with Crippen LogP contribution in [-0.2, 0) is 22.2 Å². The average Bonchev–Trinajstić information content (AvgIpc) is 3.04. The normalized spacial score (nSPS) is 17.1. The van der Waals surface area contributed by atoms with Crippen molar-refractivity contribution >= 4 is 39.1 Å². The lowest BCUT2D eigenvalue weighted by atomic mass is 10.1. The molecule has 3 rings (SSSR count). The third-order valence-electron chi connectivity index (χ3n) is 4.70. The molecule has 2 aromatic carbocycles. The van der Waals surface area contributed by atoms with Gasteiger partial charge in [0.1, 0.15) is 0 Å². The summed E-state index contributed by atoms with van der Waals surface area (Å²) in [6.07, 6.45) is -3.78. The molecule has 1 heterocycles. The minimum atomic E-state index is -4.61. The Morgan fingerprint density at radius 1 is 1.21 bits per heavy atom. The fourth-order valence-corrected chi connectivity index (χ4v) is 3.50. The van der Waals surface area contributed by atoms with Crippen molar-refractivity contribution < 1.29 is 22.8 Å². The van der Waals surface area contributed by atoms with E-state index in [0.717, 1.165) is 18.1 Å². The monoisotopic (exact) mass is 454 g/mol. The molecule has 2 aromatic rings. The molecule has 1 atom stereocenters. The van der Waals surface area contributed by atoms with Gasteiger partial charge in [-0.05, 0) is 42.3 Å². The predicted octanol–water partition coefficient (Wildman–Crippen LogP) is 5.02. The van der Waals surface area contributed by atoms with Crippen LogP contribution < -0.4 is 10.2 Å². The number of rotatable bonds is 4. The number of hydrogen-bond acceptors (Lipinski definition) is 2. The Hall–Kier alpha value is -2.35. The minimum absolute atomic E-state index is 0.0424. The first-order valence-electron chi connectivity index (χ1n) is 8.76. The molecule has 0 unspecified atom stereocenters. The summed E-state index contributed by atoms with van der Waals surface area (Å²) in [5.41, 5.74) is 0.544. The largest absolute Gasteiger partial charge is 0.418 e. The van der Waals surface area contributed by atoms with Crippen LogP contribution in [0.1, 0.15) is 24.5 Å². The summed E-state index contributed by atoms with van der Waals surface area (Å²) in [5.74, 6) is -1.55. The van der Waals surface area contributed by atoms with Gasteiger partial charge in [-0.1, -0.05) is 35.0 Å². The van der Waals surface area contributed by atoms with Crippen LogP contribution in [0.5, 0.6) is 0 Å². The number of halogens is 4. The molecule has 28 heavy (non-hydrogen) atoms. The summed E-state index contributed by atoms with van der Waals surface area (Å²) >= 11 is 3.01. The van der Waals surface area contributed by atoms with Crippen LogP contribution in [0.4, 0.5) is 24.5 Å². The molecule has 0 saturated carbocycles. The molecular formula is C20H18BrF3N2O2. The van der Waals surface area contributed by atoms with Crippen molar-refractivity contribution in [1.29, 1.82) is 0 Å². The van der Waals surface area contributed by atoms with Crippen molar-refractivity contribution in [3.8, 4) is 0 Å². The van der Waals surface area contributed by atoms with Gasteiger partial charge in [0.15, 0.2) is 0 Å². The highest BCUT2D eigenvalue weighted by Crippen LogP contribution is 2.37. The highest BCUT2D eigenvalue weighted by molar-refractivity contribution is 9.10. The van der Waals surface area contributed by atoms with Crippen molar-refractivity contribution in [2.75, 3.05) is 16.8 Å². The van der Waals surface area contributed by atoms with Crippen LogP contribution in [0, 0.1) is 5.92 Å². The van der Waals surface area contributed by atoms with E-state index < -0.39 is 23.6 Å². The maximum atomic E-state index is 13.2. The molecule has 0 aliphatic carbocycles. The second-order valence-corrected chi connectivity index (χ2v) is 7.52. The van der Waals surface area contributed by atoms with Crippen LogP contribution in [0.2, 0.25) is 0 Å². The van der Waals surface area contributed by atoms with Crippen molar-refractivity contribution in [3.63, 3.8) is 0 Å². The number of carbonyl (C=O) groups excluding carboxylic acids is 2. The van der Waals surface area contributed by atoms with Gasteiger partial charge in [-0.3, -0.25) is 9.59 Å². The summed E-state index contributed by atoms with van der Waals surface area (Å²) in [6.45, 7) is 2.15. The van der Waals surface area contributed by atoms with Gasteiger partial charge in [0, 0.05) is 23.1 Å². The first-order valence-corrected chi connectivity index (χ1v) is 9.55. The fraction of sp³-hybridized carbons (Fsp3) is 0.300. The standard InChI is InChI=1S/C20H18BrF3N2O2/c1-2-12-3-6-15(7-4-12)26-11-13(9-18(26)27)19(28)25-17-8-5-14(21)10-16(17)20(22,23)24/h3-8,10,13H,2,9,11H2,1H3,(H,25,28)/t13-/m1/s1. The number of carbonyl (C=O) groups is 2. The fourth-order valence-electron chi connectivity index (χ4n) is 3.14. The van der Waals surface area contributed by atoms with Crippen LogP contribution in [0.15, 0.2) is 46.9 Å². The molecule has 1 saturated heterocycles. The van der Waals surface area contributed by atoms with E-state index >= 15 is 0 Å². The van der Waals surface area contributed by atoms with Crippen LogP contribution in [0.3, 0.4) is 0 Å². The minimum Gasteiger partial charge on any atom is -0.325 e. The molecule has 1 aliphatic rings. The lowest BCUT2D eigenvalue weighted by Crippen LogP contribution is -2.28. The number of amides is 2. The summed E-state index contributed by atoms with van der Waals surface area (Å²) in [6, 6.07) is 11.0. The average molecular weight is 455 g/mol. The predicted molar refractivity (Wildman–Crippen MR) is 104 cm³/mol. The highest BCUT2D eigenvalue weighted by atomic mass is 79.9. The summed E-state index contributed by atoms with van der Waals surface area (Å²) in [5, 5.41) is 2.34. The Kier molecular flexibility index (Phi) is 5.79. The smallest absolute Gasteiger partial charge is 0.325 e. The Labute approximate surface area is 168 Å². The number of alkyl halides is 3. The molecule has 0 bridgehead atoms. The molecule has 1 aliphatic heterocycles. The molecule has 148 valence electrons. The van der Waals surface area contributed by atoms with Crippen molar-refractivity contribution in [1.82, 2.24) is 0 Å². The van der Waals surface area contributed by atoms with Gasteiger partial charge in [0.25, 0.3) is 0 Å². The number of anilines is 2. The van der Waals surface area contributed by atoms with Gasteiger partial charge in [0.05, 0.1) is 17.2 Å². The van der Waals surface area contributed by atoms with E-state index in [9.17, 15) is 22.8 Å². The zero-order chi connectivity index (χ0) is 20.5. The van der Waals surface area contributed by atoms with Crippen LogP contribution in [-0.4, -0.2) is 18.4 Å². The molecule has 1 N–H and O–H groups in total. The van der Waals surface area contributed by atoms with E-state index in [1.54, 1.807) is 0 Å². The Morgan fingerprint density at radius 2 is 1.89 bits per heavy atom. The quantitative estimate of drug-likeness (QED) is 0.704. The van der Waals surface area contributed by atoms with Gasteiger partial charge in [0.2, 0.25) is 11.8 Å². The van der Waals surface area contributed by atoms with E-state index in [4.69, 9.17) is 0 Å². The molecule has 0 spiro atoms. The van der Waals surface area contributed by atoms with Crippen molar-refractivity contribution in [2.24, 2.45) is 5.92 Å². The Balaban J connectivity index is 1.75. The van der Waals surface area contributed by atoms with Crippen molar-refractivity contribution in [2.45, 2.75) is 25.9 Å². The van der Waals surface area contributed by atoms with Crippen molar-refractivity contribution in [3.05, 3.63) is 58.1 Å². The number of benzene rings is 2. The molecule has 8 heteroatoms. The van der Waals surface area contributed by atoms with E-state index in [-0.39, 0.29) is 29.0 Å². The van der Waals surface area contributed by atoms with Gasteiger partial charge in [-0.2, -0.15) is 13.2 Å². The first kappa shape index (κ1) is 20.4. The van der Waals surface area contributed by atoms with E-state index in [2.05, 4.69) is 21.2 Å². The summed E-state index contributed by atoms with van der Waals surface area (Å²) < 4.78 is 39.9. The number of hydrogen-bond donors (Lipinski definition) is 1. The molecule has 0 aromatic heterocycles. The SMILES string of the molecule is CCc1ccc(N2C[C@H](C(=O)Nc3ccc(Br)cc3C(F)(F)F)CC2=O)cc1. The zero-order valence-corrected chi connectivity index (χ0v) is 16.6. The maximum absolute atomic E-state index is 13.2. The summed E-state index contributed by atoms with van der Waals surface area (Å²) in [4.78, 5) is 26.4. The van der Waals surface area contributed by atoms with Gasteiger partial charge < -0.3 is 10.2 Å². The topological polar surface area (TPSA) is 49.4 Å². The number of aryl methyl sites for hydroxylation is 1. The van der Waals surface area contributed by atoms with Gasteiger partial charge in [-0.15, -0.1) is 0 Å². The highest BCUT2D eigenvalue weighted by Gasteiger charge is 2.38. The second-order valence-electron chi connectivity index (χ2n) is 6.60. The lowest BCUT2D eigenvalue weighted by molar-refractivity contribution is -0.137. The molecule has 1 fully saturated rings. The Morgan fingerprint density at radius 3 is 2.50 bits per heavy atom. The van der Waals surface area contributed by atoms with E-state index in [1.807, 2.05) is 31.2 Å². The van der Waals surface area contributed by atoms with Crippen LogP contribution in [0.25, 0.3) is 0 Å². The van der Waals surface area contributed by atoms with Crippen LogP contribution >= 0.6 is 15.9 Å². The third kappa shape index (κ3) is 4.38.